The van der Waals surface area contributed by atoms with Crippen LogP contribution >= 0.6 is 11.6 Å². The van der Waals surface area contributed by atoms with Crippen molar-refractivity contribution in [3.05, 3.63) is 75.9 Å². The van der Waals surface area contributed by atoms with E-state index in [9.17, 15) is 13.6 Å². The van der Waals surface area contributed by atoms with Crippen LogP contribution in [0.5, 0.6) is 0 Å². The summed E-state index contributed by atoms with van der Waals surface area (Å²) in [6.45, 7) is 0.828. The molecule has 1 amide bonds. The number of nitrogens with one attached hydrogen (secondary N) is 1. The lowest BCUT2D eigenvalue weighted by atomic mass is 10.0. The van der Waals surface area contributed by atoms with Crippen LogP contribution in [0.4, 0.5) is 8.78 Å². The van der Waals surface area contributed by atoms with Gasteiger partial charge in [0.05, 0.1) is 5.69 Å². The van der Waals surface area contributed by atoms with Crippen molar-refractivity contribution in [2.75, 3.05) is 6.54 Å². The minimum atomic E-state index is -1.03. The van der Waals surface area contributed by atoms with Gasteiger partial charge in [-0.2, -0.15) is 5.10 Å². The first-order chi connectivity index (χ1) is 12.5. The van der Waals surface area contributed by atoms with Gasteiger partial charge in [-0.3, -0.25) is 9.89 Å². The molecule has 1 aliphatic heterocycles. The molecule has 1 N–H and O–H groups in total. The normalized spacial score (nSPS) is 13.6. The molecule has 2 aromatic carbocycles. The van der Waals surface area contributed by atoms with E-state index in [1.807, 2.05) is 12.1 Å². The third-order valence-electron chi connectivity index (χ3n) is 4.50. The second-order valence-corrected chi connectivity index (χ2v) is 6.58. The zero-order valence-corrected chi connectivity index (χ0v) is 14.4. The number of hydrogen-bond donors (Lipinski definition) is 1. The number of hydrogen-bond acceptors (Lipinski definition) is 2. The Kier molecular flexibility index (Phi) is 4.20. The van der Waals surface area contributed by atoms with Gasteiger partial charge in [-0.25, -0.2) is 8.78 Å². The van der Waals surface area contributed by atoms with E-state index in [1.165, 1.54) is 6.07 Å². The summed E-state index contributed by atoms with van der Waals surface area (Å²) in [6, 6.07) is 10.5. The molecule has 0 aliphatic carbocycles. The highest BCUT2D eigenvalue weighted by Gasteiger charge is 2.26. The molecule has 0 fully saturated rings. The van der Waals surface area contributed by atoms with E-state index in [-0.39, 0.29) is 11.5 Å². The Balaban J connectivity index is 1.63. The predicted octanol–water partition coefficient (Wildman–Crippen LogP) is 4.21. The first-order valence-electron chi connectivity index (χ1n) is 8.09. The van der Waals surface area contributed by atoms with Crippen LogP contribution in [0.1, 0.15) is 21.6 Å². The maximum absolute atomic E-state index is 13.4. The monoisotopic (exact) mass is 373 g/mol. The van der Waals surface area contributed by atoms with Crippen LogP contribution in [0.2, 0.25) is 5.02 Å². The number of carbonyl (C=O) groups excluding carboxylic acids is 1. The second kappa shape index (κ2) is 6.53. The van der Waals surface area contributed by atoms with Gasteiger partial charge >= 0.3 is 0 Å². The minimum Gasteiger partial charge on any atom is -0.334 e. The van der Waals surface area contributed by atoms with E-state index in [0.29, 0.717) is 24.5 Å². The highest BCUT2D eigenvalue weighted by Crippen LogP contribution is 2.29. The summed E-state index contributed by atoms with van der Waals surface area (Å²) >= 11 is 5.93. The number of H-pyrrole nitrogens is 1. The molecule has 4 rings (SSSR count). The van der Waals surface area contributed by atoms with Crippen LogP contribution in [0.15, 0.2) is 42.5 Å². The Morgan fingerprint density at radius 2 is 1.88 bits per heavy atom. The van der Waals surface area contributed by atoms with Crippen molar-refractivity contribution >= 4 is 17.5 Å². The molecule has 7 heteroatoms. The molecular formula is C19H14ClF2N3O. The van der Waals surface area contributed by atoms with E-state index in [0.717, 1.165) is 34.6 Å². The standard InChI is InChI=1S/C19H14ClF2N3O/c20-13-4-1-11(2-5-13)18-14-10-25(8-7-17(14)23-24-18)19(26)12-3-6-15(21)16(22)9-12/h1-6,9H,7-8,10H2,(H,23,24). The summed E-state index contributed by atoms with van der Waals surface area (Å²) in [4.78, 5) is 14.3. The largest absolute Gasteiger partial charge is 0.334 e. The zero-order valence-electron chi connectivity index (χ0n) is 13.6. The summed E-state index contributed by atoms with van der Waals surface area (Å²) < 4.78 is 26.5. The Hall–Kier alpha value is -2.73. The Morgan fingerprint density at radius 1 is 1.12 bits per heavy atom. The molecule has 0 saturated heterocycles. The average molecular weight is 374 g/mol. The molecule has 2 heterocycles. The number of nitrogens with zero attached hydrogens (tertiary/aromatic N) is 2. The summed E-state index contributed by atoms with van der Waals surface area (Å²) in [5.74, 6) is -2.33. The number of aromatic nitrogens is 2. The number of fused-ring (bicyclic) bond motifs is 1. The van der Waals surface area contributed by atoms with Crippen LogP contribution in [0.3, 0.4) is 0 Å². The molecule has 26 heavy (non-hydrogen) atoms. The van der Waals surface area contributed by atoms with Crippen molar-refractivity contribution in [2.24, 2.45) is 0 Å². The number of halogens is 3. The van der Waals surface area contributed by atoms with Crippen molar-refractivity contribution in [1.82, 2.24) is 15.1 Å². The van der Waals surface area contributed by atoms with Crippen LogP contribution in [0.25, 0.3) is 11.3 Å². The molecule has 0 atom stereocenters. The van der Waals surface area contributed by atoms with Gasteiger partial charge in [0.2, 0.25) is 0 Å². The minimum absolute atomic E-state index is 0.129. The van der Waals surface area contributed by atoms with Crippen LogP contribution in [-0.4, -0.2) is 27.5 Å². The average Bonchev–Trinajstić information content (AvgIpc) is 3.07. The van der Waals surface area contributed by atoms with Gasteiger partial charge in [0.1, 0.15) is 0 Å². The molecule has 132 valence electrons. The van der Waals surface area contributed by atoms with Gasteiger partial charge in [0.15, 0.2) is 11.6 Å². The summed E-state index contributed by atoms with van der Waals surface area (Å²) in [5, 5.41) is 8.03. The SMILES string of the molecule is O=C(c1ccc(F)c(F)c1)N1CCc2[nH]nc(-c3ccc(Cl)cc3)c2C1. The molecule has 3 aromatic rings. The van der Waals surface area contributed by atoms with Gasteiger partial charge in [0, 0.05) is 46.9 Å². The summed E-state index contributed by atoms with van der Waals surface area (Å²) in [7, 11) is 0. The van der Waals surface area contributed by atoms with E-state index in [4.69, 9.17) is 11.6 Å². The Labute approximate surface area is 153 Å². The second-order valence-electron chi connectivity index (χ2n) is 6.14. The number of benzene rings is 2. The molecular weight excluding hydrogens is 360 g/mol. The van der Waals surface area contributed by atoms with Crippen molar-refractivity contribution in [2.45, 2.75) is 13.0 Å². The molecule has 0 radical (unpaired) electrons. The number of carbonyl (C=O) groups is 1. The topological polar surface area (TPSA) is 49.0 Å². The third kappa shape index (κ3) is 2.97. The lowest BCUT2D eigenvalue weighted by Gasteiger charge is -2.27. The lowest BCUT2D eigenvalue weighted by molar-refractivity contribution is 0.0734. The number of rotatable bonds is 2. The Morgan fingerprint density at radius 3 is 2.62 bits per heavy atom. The van der Waals surface area contributed by atoms with Gasteiger partial charge in [0.25, 0.3) is 5.91 Å². The fraction of sp³-hybridized carbons (Fsp3) is 0.158. The molecule has 1 aliphatic rings. The number of aromatic amines is 1. The maximum atomic E-state index is 13.4. The van der Waals surface area contributed by atoms with Crippen LogP contribution in [-0.2, 0) is 13.0 Å². The number of amides is 1. The first kappa shape index (κ1) is 16.7. The quantitative estimate of drug-likeness (QED) is 0.731. The summed E-state index contributed by atoms with van der Waals surface area (Å²) in [5.41, 5.74) is 3.69. The predicted molar refractivity (Wildman–Crippen MR) is 93.8 cm³/mol. The van der Waals surface area contributed by atoms with Crippen LogP contribution in [0, 0.1) is 11.6 Å². The van der Waals surface area contributed by atoms with Crippen molar-refractivity contribution < 1.29 is 13.6 Å². The Bertz CT molecular complexity index is 985. The molecule has 4 nitrogen and oxygen atoms in total. The molecule has 0 unspecified atom stereocenters. The third-order valence-corrected chi connectivity index (χ3v) is 4.76. The van der Waals surface area contributed by atoms with E-state index in [1.54, 1.807) is 17.0 Å². The van der Waals surface area contributed by atoms with E-state index in [2.05, 4.69) is 10.2 Å². The van der Waals surface area contributed by atoms with Gasteiger partial charge in [-0.1, -0.05) is 23.7 Å². The molecule has 0 spiro atoms. The maximum Gasteiger partial charge on any atom is 0.254 e. The highest BCUT2D eigenvalue weighted by atomic mass is 35.5. The lowest BCUT2D eigenvalue weighted by Crippen LogP contribution is -2.36. The fourth-order valence-corrected chi connectivity index (χ4v) is 3.25. The molecule has 0 saturated carbocycles. The zero-order chi connectivity index (χ0) is 18.3. The molecule has 0 bridgehead atoms. The van der Waals surface area contributed by atoms with Gasteiger partial charge in [-0.05, 0) is 30.3 Å². The van der Waals surface area contributed by atoms with E-state index < -0.39 is 11.6 Å². The van der Waals surface area contributed by atoms with Crippen molar-refractivity contribution in [3.8, 4) is 11.3 Å². The smallest absolute Gasteiger partial charge is 0.254 e. The van der Waals surface area contributed by atoms with Crippen molar-refractivity contribution in [3.63, 3.8) is 0 Å². The van der Waals surface area contributed by atoms with E-state index >= 15 is 0 Å². The summed E-state index contributed by atoms with van der Waals surface area (Å²) in [6.07, 6.45) is 0.616. The highest BCUT2D eigenvalue weighted by molar-refractivity contribution is 6.30. The first-order valence-corrected chi connectivity index (χ1v) is 8.47. The van der Waals surface area contributed by atoms with Gasteiger partial charge < -0.3 is 4.90 Å². The van der Waals surface area contributed by atoms with Crippen LogP contribution < -0.4 is 0 Å². The van der Waals surface area contributed by atoms with Gasteiger partial charge in [-0.15, -0.1) is 0 Å². The molecule has 1 aromatic heterocycles. The van der Waals surface area contributed by atoms with Crippen molar-refractivity contribution in [1.29, 1.82) is 0 Å². The fourth-order valence-electron chi connectivity index (χ4n) is 3.13.